The molecule has 4 aliphatic rings. The molecule has 0 saturated heterocycles. The summed E-state index contributed by atoms with van der Waals surface area (Å²) >= 11 is 1.94. The van der Waals surface area contributed by atoms with Gasteiger partial charge in [0.15, 0.2) is 0 Å². The molecule has 9 heteroatoms. The minimum atomic E-state index is -0.163. The van der Waals surface area contributed by atoms with Gasteiger partial charge < -0.3 is 29.2 Å². The summed E-state index contributed by atoms with van der Waals surface area (Å²) in [5, 5.41) is 0. The van der Waals surface area contributed by atoms with Gasteiger partial charge in [-0.15, -0.1) is 0 Å². The number of nitrogens with zero attached hydrogens (tertiary/aromatic N) is 5. The van der Waals surface area contributed by atoms with E-state index in [0.717, 1.165) is 108 Å². The summed E-state index contributed by atoms with van der Waals surface area (Å²) < 4.78 is 9.76. The summed E-state index contributed by atoms with van der Waals surface area (Å²) in [5.74, 6) is 1.70. The molecule has 4 aliphatic heterocycles. The second-order valence-corrected chi connectivity index (χ2v) is 21.5. The van der Waals surface area contributed by atoms with E-state index >= 15 is 0 Å². The maximum atomic E-state index is 7.24. The van der Waals surface area contributed by atoms with Crippen molar-refractivity contribution in [2.45, 2.75) is 6.92 Å². The van der Waals surface area contributed by atoms with E-state index in [4.69, 9.17) is 4.74 Å². The third-order valence-corrected chi connectivity index (χ3v) is 17.2. The Bertz CT molecular complexity index is 4150. The van der Waals surface area contributed by atoms with E-state index in [9.17, 15) is 0 Å². The quantitative estimate of drug-likeness (QED) is 0.0946. The van der Waals surface area contributed by atoms with Gasteiger partial charge in [-0.1, -0.05) is 164 Å². The Balaban J connectivity index is 1.08. The van der Waals surface area contributed by atoms with Crippen LogP contribution < -0.4 is 60.6 Å². The van der Waals surface area contributed by atoms with Gasteiger partial charge in [0.2, 0.25) is 0 Å². The number of allylic oxidation sites excluding steroid dienone is 4. The molecule has 6 nitrogen and oxygen atoms in total. The Labute approximate surface area is 472 Å². The Morgan fingerprint density at radius 1 is 0.438 bits per heavy atom. The third-order valence-electron chi connectivity index (χ3n) is 15.9. The summed E-state index contributed by atoms with van der Waals surface area (Å²) in [7, 11) is 0. The minimum Gasteiger partial charge on any atom is -0.458 e. The fraction of sp³-hybridized carbons (Fsp3) is 0.0141. The molecule has 0 amide bonds. The number of fused-ring (bicyclic) bond motifs is 9. The van der Waals surface area contributed by atoms with Gasteiger partial charge in [-0.3, -0.25) is 0 Å². The van der Waals surface area contributed by atoms with Crippen molar-refractivity contribution in [3.8, 4) is 11.5 Å². The van der Waals surface area contributed by atoms with Gasteiger partial charge in [0, 0.05) is 78.2 Å². The molecule has 0 aliphatic carbocycles. The maximum Gasteiger partial charge on any atom is 0.268 e. The fourth-order valence-corrected chi connectivity index (χ4v) is 14.2. The average molecular weight is 1040 g/mol. The SMILES string of the molecule is C=C/C(=C\C=C/C)N1c2cc(N(c3ccccc3)c3ccccc3)cc3c2B(c2ccccc2N3c2ccccc2)c2sc3c(c21)N(c1ccccc1)c1cc(N(c2ccccc2)c2ccccc2)cc2c1B3c1ccccc1O2. The Kier molecular flexibility index (Phi) is 11.5. The van der Waals surface area contributed by atoms with Crippen LogP contribution in [0.15, 0.2) is 291 Å². The number of anilines is 14. The zero-order valence-corrected chi connectivity index (χ0v) is 44.8. The molecule has 0 unspecified atom stereocenters. The lowest BCUT2D eigenvalue weighted by molar-refractivity contribution is 0.487. The Morgan fingerprint density at radius 3 is 1.45 bits per heavy atom. The number of benzene rings is 10. The molecule has 10 aromatic carbocycles. The summed E-state index contributed by atoms with van der Waals surface area (Å²) in [5.41, 5.74) is 20.8. The molecule has 0 N–H and O–H groups in total. The van der Waals surface area contributed by atoms with Gasteiger partial charge in [0.1, 0.15) is 11.5 Å². The molecule has 0 atom stereocenters. The molecule has 15 rings (SSSR count). The molecule has 0 bridgehead atoms. The van der Waals surface area contributed by atoms with E-state index < -0.39 is 0 Å². The highest BCUT2D eigenvalue weighted by Gasteiger charge is 2.52. The number of hydrogen-bond acceptors (Lipinski definition) is 7. The standard InChI is InChI=1S/C71H51B2N5OS/c1-3-5-28-49(4-2)77-62-46-56(74(50-29-12-6-13-30-50)51-31-14-7-15-32-51)45-61-66(62)72(58-41-24-26-43-60(58)76(61)54-37-20-10-21-38-54)70-68(77)69-71(80-70)73-59-42-25-27-44-64(59)79-65-48-57(47-63(67(65)73)78(69)55-39-22-11-23-40-55)75(52-33-16-8-17-34-52)53-35-18-9-19-36-53/h3-48H,2H2,1H3/b5-3-,49-28+. The van der Waals surface area contributed by atoms with Crippen LogP contribution in [0.2, 0.25) is 0 Å². The lowest BCUT2D eigenvalue weighted by Crippen LogP contribution is -2.60. The highest BCUT2D eigenvalue weighted by atomic mass is 32.1. The summed E-state index contributed by atoms with van der Waals surface area (Å²) in [4.78, 5) is 12.3. The summed E-state index contributed by atoms with van der Waals surface area (Å²) in [6.45, 7) is 6.41. The second-order valence-electron chi connectivity index (χ2n) is 20.4. The smallest absolute Gasteiger partial charge is 0.268 e. The molecule has 80 heavy (non-hydrogen) atoms. The van der Waals surface area contributed by atoms with Gasteiger partial charge in [-0.25, -0.2) is 0 Å². The first-order valence-electron chi connectivity index (χ1n) is 27.3. The predicted molar refractivity (Wildman–Crippen MR) is 341 cm³/mol. The van der Waals surface area contributed by atoms with Crippen LogP contribution in [0.25, 0.3) is 0 Å². The number of para-hydroxylation sites is 8. The zero-order valence-electron chi connectivity index (χ0n) is 44.0. The normalized spacial score (nSPS) is 13.4. The van der Waals surface area contributed by atoms with E-state index in [0.29, 0.717) is 0 Å². The summed E-state index contributed by atoms with van der Waals surface area (Å²) in [6, 6.07) is 91.9. The van der Waals surface area contributed by atoms with E-state index in [1.54, 1.807) is 0 Å². The van der Waals surface area contributed by atoms with E-state index in [2.05, 4.69) is 311 Å². The van der Waals surface area contributed by atoms with Gasteiger partial charge in [0.25, 0.3) is 13.4 Å². The Hall–Kier alpha value is -9.95. The highest BCUT2D eigenvalue weighted by Crippen LogP contribution is 2.54. The largest absolute Gasteiger partial charge is 0.458 e. The van der Waals surface area contributed by atoms with Crippen LogP contribution in [-0.4, -0.2) is 13.4 Å². The number of hydrogen-bond donors (Lipinski definition) is 0. The third kappa shape index (κ3) is 7.49. The first-order valence-corrected chi connectivity index (χ1v) is 28.1. The van der Waals surface area contributed by atoms with Crippen molar-refractivity contribution >= 4 is 136 Å². The van der Waals surface area contributed by atoms with Crippen molar-refractivity contribution in [1.82, 2.24) is 0 Å². The van der Waals surface area contributed by atoms with Crippen LogP contribution in [-0.2, 0) is 0 Å². The number of rotatable bonds is 11. The average Bonchev–Trinajstić information content (AvgIpc) is 3.50. The van der Waals surface area contributed by atoms with Gasteiger partial charge in [-0.05, 0) is 144 Å². The van der Waals surface area contributed by atoms with Gasteiger partial charge in [0.05, 0.1) is 22.7 Å². The lowest BCUT2D eigenvalue weighted by Gasteiger charge is -2.45. The Morgan fingerprint density at radius 2 is 0.887 bits per heavy atom. The van der Waals surface area contributed by atoms with Crippen LogP contribution >= 0.6 is 11.3 Å². The van der Waals surface area contributed by atoms with Crippen LogP contribution in [0, 0.1) is 0 Å². The molecule has 1 aromatic heterocycles. The maximum absolute atomic E-state index is 7.24. The molecule has 0 spiro atoms. The van der Waals surface area contributed by atoms with Gasteiger partial charge in [-0.2, -0.15) is 11.3 Å². The van der Waals surface area contributed by atoms with Crippen molar-refractivity contribution in [2.24, 2.45) is 0 Å². The monoisotopic (exact) mass is 1040 g/mol. The van der Waals surface area contributed by atoms with E-state index in [1.807, 2.05) is 17.4 Å². The molecule has 11 aromatic rings. The molecule has 0 saturated carbocycles. The van der Waals surface area contributed by atoms with Crippen molar-refractivity contribution in [2.75, 3.05) is 24.5 Å². The summed E-state index contributed by atoms with van der Waals surface area (Å²) in [6.07, 6.45) is 8.50. The van der Waals surface area contributed by atoms with Crippen molar-refractivity contribution < 1.29 is 4.74 Å². The second kappa shape index (κ2) is 19.5. The first kappa shape index (κ1) is 47.3. The van der Waals surface area contributed by atoms with E-state index in [1.165, 1.54) is 20.5 Å². The molecular weight excluding hydrogens is 993 g/mol. The molecule has 378 valence electrons. The molecule has 0 radical (unpaired) electrons. The first-order chi connectivity index (χ1) is 39.7. The number of thiophene rings is 1. The molecule has 0 fully saturated rings. The van der Waals surface area contributed by atoms with Crippen LogP contribution in [0.4, 0.5) is 79.6 Å². The topological polar surface area (TPSA) is 25.4 Å². The van der Waals surface area contributed by atoms with Crippen molar-refractivity contribution in [3.05, 3.63) is 291 Å². The lowest BCUT2D eigenvalue weighted by atomic mass is 9.35. The molecule has 5 heterocycles. The van der Waals surface area contributed by atoms with Crippen LogP contribution in [0.5, 0.6) is 11.5 Å². The predicted octanol–water partition coefficient (Wildman–Crippen LogP) is 15.5. The minimum absolute atomic E-state index is 0.153. The highest BCUT2D eigenvalue weighted by molar-refractivity contribution is 7.38. The molecular formula is C71H51B2N5OS. The number of ether oxygens (including phenoxy) is 1. The van der Waals surface area contributed by atoms with Crippen LogP contribution in [0.1, 0.15) is 6.92 Å². The zero-order chi connectivity index (χ0) is 53.3. The fourth-order valence-electron chi connectivity index (χ4n) is 12.7. The van der Waals surface area contributed by atoms with E-state index in [-0.39, 0.29) is 13.4 Å². The van der Waals surface area contributed by atoms with Gasteiger partial charge >= 0.3 is 0 Å². The van der Waals surface area contributed by atoms with Crippen molar-refractivity contribution in [3.63, 3.8) is 0 Å². The van der Waals surface area contributed by atoms with Crippen molar-refractivity contribution in [1.29, 1.82) is 0 Å². The van der Waals surface area contributed by atoms with Crippen LogP contribution in [0.3, 0.4) is 0 Å².